The average molecular weight is 389 g/mol. The number of hydrogen-bond donors (Lipinski definition) is 0. The lowest BCUT2D eigenvalue weighted by Crippen LogP contribution is -1.97. The molecule has 0 heterocycles. The lowest BCUT2D eigenvalue weighted by molar-refractivity contribution is 0.307. The van der Waals surface area contributed by atoms with Gasteiger partial charge in [-0.1, -0.05) is 94.8 Å². The molecule has 1 nitrogen and oxygen atoms in total. The van der Waals surface area contributed by atoms with Crippen LogP contribution >= 0.6 is 15.9 Å². The maximum absolute atomic E-state index is 6.18. The minimum Gasteiger partial charge on any atom is -0.488 e. The minimum atomic E-state index is 0.551. The van der Waals surface area contributed by atoms with E-state index in [-0.39, 0.29) is 0 Å². The Labute approximate surface area is 156 Å². The standard InChI is InChI=1S/C23H17BrO/c24-21-14-7-15-22(25-16-17-8-2-1-3-9-17)23(21)20-13-6-11-18-10-4-5-12-19(18)20/h1-15H,16H2. The molecule has 4 aromatic carbocycles. The van der Waals surface area contributed by atoms with E-state index in [0.717, 1.165) is 21.3 Å². The first-order valence-electron chi connectivity index (χ1n) is 8.26. The molecule has 0 saturated carbocycles. The quantitative estimate of drug-likeness (QED) is 0.371. The molecule has 0 aromatic heterocycles. The van der Waals surface area contributed by atoms with Gasteiger partial charge in [-0.05, 0) is 34.0 Å². The van der Waals surface area contributed by atoms with Gasteiger partial charge < -0.3 is 4.74 Å². The molecule has 25 heavy (non-hydrogen) atoms. The molecule has 0 aliphatic heterocycles. The first-order valence-corrected chi connectivity index (χ1v) is 9.05. The molecule has 0 atom stereocenters. The van der Waals surface area contributed by atoms with Crippen molar-refractivity contribution in [2.24, 2.45) is 0 Å². The number of fused-ring (bicyclic) bond motifs is 1. The van der Waals surface area contributed by atoms with Gasteiger partial charge in [0.2, 0.25) is 0 Å². The van der Waals surface area contributed by atoms with Crippen LogP contribution in [0, 0.1) is 0 Å². The van der Waals surface area contributed by atoms with Crippen molar-refractivity contribution in [2.45, 2.75) is 6.61 Å². The maximum atomic E-state index is 6.18. The Kier molecular flexibility index (Phi) is 4.53. The van der Waals surface area contributed by atoms with E-state index in [0.29, 0.717) is 6.61 Å². The molecular formula is C23H17BrO. The third-order valence-electron chi connectivity index (χ3n) is 4.27. The van der Waals surface area contributed by atoms with Crippen molar-refractivity contribution in [1.29, 1.82) is 0 Å². The van der Waals surface area contributed by atoms with E-state index in [9.17, 15) is 0 Å². The van der Waals surface area contributed by atoms with Crippen molar-refractivity contribution in [3.05, 3.63) is 101 Å². The zero-order valence-electron chi connectivity index (χ0n) is 13.7. The molecule has 0 aliphatic rings. The van der Waals surface area contributed by atoms with Crippen molar-refractivity contribution >= 4 is 26.7 Å². The number of halogens is 1. The normalized spacial score (nSPS) is 10.8. The lowest BCUT2D eigenvalue weighted by Gasteiger charge is -2.15. The van der Waals surface area contributed by atoms with Crippen LogP contribution in [-0.2, 0) is 6.61 Å². The summed E-state index contributed by atoms with van der Waals surface area (Å²) < 4.78 is 7.21. The van der Waals surface area contributed by atoms with E-state index in [4.69, 9.17) is 4.74 Å². The third-order valence-corrected chi connectivity index (χ3v) is 4.93. The van der Waals surface area contributed by atoms with Crippen LogP contribution in [0.25, 0.3) is 21.9 Å². The first-order chi connectivity index (χ1) is 12.3. The Balaban J connectivity index is 1.79. The summed E-state index contributed by atoms with van der Waals surface area (Å²) in [5.41, 5.74) is 3.43. The fraction of sp³-hybridized carbons (Fsp3) is 0.0435. The Morgan fingerprint density at radius 2 is 1.40 bits per heavy atom. The number of benzene rings is 4. The van der Waals surface area contributed by atoms with Crippen LogP contribution in [0.1, 0.15) is 5.56 Å². The highest BCUT2D eigenvalue weighted by atomic mass is 79.9. The largest absolute Gasteiger partial charge is 0.488 e. The molecule has 0 N–H and O–H groups in total. The van der Waals surface area contributed by atoms with Crippen LogP contribution in [0.2, 0.25) is 0 Å². The predicted octanol–water partition coefficient (Wildman–Crippen LogP) is 6.85. The summed E-state index contributed by atoms with van der Waals surface area (Å²) in [5.74, 6) is 0.884. The summed E-state index contributed by atoms with van der Waals surface area (Å²) in [7, 11) is 0. The van der Waals surface area contributed by atoms with Gasteiger partial charge in [0.25, 0.3) is 0 Å². The molecule has 4 rings (SSSR count). The van der Waals surface area contributed by atoms with E-state index >= 15 is 0 Å². The van der Waals surface area contributed by atoms with Crippen LogP contribution in [0.15, 0.2) is 95.5 Å². The van der Waals surface area contributed by atoms with E-state index in [1.807, 2.05) is 30.3 Å². The zero-order chi connectivity index (χ0) is 17.1. The summed E-state index contributed by atoms with van der Waals surface area (Å²) >= 11 is 3.72. The average Bonchev–Trinajstić information content (AvgIpc) is 2.67. The van der Waals surface area contributed by atoms with Gasteiger partial charge in [-0.3, -0.25) is 0 Å². The number of hydrogen-bond acceptors (Lipinski definition) is 1. The smallest absolute Gasteiger partial charge is 0.128 e. The molecule has 0 unspecified atom stereocenters. The highest BCUT2D eigenvalue weighted by molar-refractivity contribution is 9.10. The molecule has 0 aliphatic carbocycles. The van der Waals surface area contributed by atoms with Gasteiger partial charge in [-0.25, -0.2) is 0 Å². The van der Waals surface area contributed by atoms with Crippen molar-refractivity contribution in [1.82, 2.24) is 0 Å². The second-order valence-corrected chi connectivity index (χ2v) is 6.77. The van der Waals surface area contributed by atoms with Gasteiger partial charge >= 0.3 is 0 Å². The number of ether oxygens (including phenoxy) is 1. The minimum absolute atomic E-state index is 0.551. The van der Waals surface area contributed by atoms with E-state index in [2.05, 4.69) is 76.6 Å². The molecule has 0 spiro atoms. The molecule has 122 valence electrons. The molecule has 0 saturated heterocycles. The Hall–Kier alpha value is -2.58. The molecule has 2 heteroatoms. The highest BCUT2D eigenvalue weighted by Gasteiger charge is 2.13. The van der Waals surface area contributed by atoms with Crippen molar-refractivity contribution in [3.63, 3.8) is 0 Å². The van der Waals surface area contributed by atoms with Gasteiger partial charge in [0.15, 0.2) is 0 Å². The Morgan fingerprint density at radius 3 is 2.28 bits per heavy atom. The lowest BCUT2D eigenvalue weighted by atomic mass is 9.97. The monoisotopic (exact) mass is 388 g/mol. The van der Waals surface area contributed by atoms with Crippen LogP contribution in [0.3, 0.4) is 0 Å². The summed E-state index contributed by atoms with van der Waals surface area (Å²) in [6.45, 7) is 0.551. The van der Waals surface area contributed by atoms with Crippen LogP contribution in [0.5, 0.6) is 5.75 Å². The van der Waals surface area contributed by atoms with Crippen LogP contribution in [0.4, 0.5) is 0 Å². The van der Waals surface area contributed by atoms with E-state index in [1.165, 1.54) is 16.3 Å². The zero-order valence-corrected chi connectivity index (χ0v) is 15.2. The van der Waals surface area contributed by atoms with E-state index in [1.54, 1.807) is 0 Å². The fourth-order valence-electron chi connectivity index (χ4n) is 3.06. The Bertz CT molecular complexity index is 1000. The molecule has 0 bridgehead atoms. The van der Waals surface area contributed by atoms with E-state index < -0.39 is 0 Å². The summed E-state index contributed by atoms with van der Waals surface area (Å²) in [6.07, 6.45) is 0. The van der Waals surface area contributed by atoms with Gasteiger partial charge in [0.1, 0.15) is 12.4 Å². The maximum Gasteiger partial charge on any atom is 0.128 e. The SMILES string of the molecule is Brc1cccc(OCc2ccccc2)c1-c1cccc2ccccc12. The van der Waals surface area contributed by atoms with Crippen LogP contribution in [-0.4, -0.2) is 0 Å². The Morgan fingerprint density at radius 1 is 0.680 bits per heavy atom. The molecule has 0 amide bonds. The number of rotatable bonds is 4. The van der Waals surface area contributed by atoms with Crippen LogP contribution < -0.4 is 4.74 Å². The van der Waals surface area contributed by atoms with Gasteiger partial charge in [-0.15, -0.1) is 0 Å². The predicted molar refractivity (Wildman–Crippen MR) is 108 cm³/mol. The molecule has 0 fully saturated rings. The van der Waals surface area contributed by atoms with Crippen molar-refractivity contribution < 1.29 is 4.74 Å². The first kappa shape index (κ1) is 15.9. The fourth-order valence-corrected chi connectivity index (χ4v) is 3.63. The van der Waals surface area contributed by atoms with Gasteiger partial charge in [0.05, 0.1) is 0 Å². The summed E-state index contributed by atoms with van der Waals surface area (Å²) in [6, 6.07) is 31.2. The topological polar surface area (TPSA) is 9.23 Å². The summed E-state index contributed by atoms with van der Waals surface area (Å²) in [4.78, 5) is 0. The van der Waals surface area contributed by atoms with Crippen molar-refractivity contribution in [2.75, 3.05) is 0 Å². The van der Waals surface area contributed by atoms with Gasteiger partial charge in [0, 0.05) is 10.0 Å². The summed E-state index contributed by atoms with van der Waals surface area (Å²) in [5, 5.41) is 2.45. The molecule has 4 aromatic rings. The van der Waals surface area contributed by atoms with Crippen molar-refractivity contribution in [3.8, 4) is 16.9 Å². The molecular weight excluding hydrogens is 372 g/mol. The third kappa shape index (κ3) is 3.31. The molecule has 0 radical (unpaired) electrons. The highest BCUT2D eigenvalue weighted by Crippen LogP contribution is 2.40. The second kappa shape index (κ2) is 7.12. The van der Waals surface area contributed by atoms with Gasteiger partial charge in [-0.2, -0.15) is 0 Å². The second-order valence-electron chi connectivity index (χ2n) is 5.91.